The molecule has 7 nitrogen and oxygen atoms in total. The lowest BCUT2D eigenvalue weighted by Gasteiger charge is -2.18. The molecule has 3 aromatic rings. The fourth-order valence-electron chi connectivity index (χ4n) is 3.79. The van der Waals surface area contributed by atoms with Gasteiger partial charge in [-0.3, -0.25) is 20.6 Å². The van der Waals surface area contributed by atoms with Gasteiger partial charge in [-0.15, -0.1) is 0 Å². The number of anilines is 1. The third-order valence-electron chi connectivity index (χ3n) is 5.97. The molecular weight excluding hydrogens is 438 g/mol. The van der Waals surface area contributed by atoms with Crippen LogP contribution < -0.4 is 5.32 Å². The van der Waals surface area contributed by atoms with Crippen LogP contribution in [0.4, 0.5) is 14.6 Å². The van der Waals surface area contributed by atoms with Gasteiger partial charge < -0.3 is 10.2 Å². The van der Waals surface area contributed by atoms with Gasteiger partial charge in [0.05, 0.1) is 11.9 Å². The van der Waals surface area contributed by atoms with E-state index in [9.17, 15) is 13.6 Å². The van der Waals surface area contributed by atoms with Crippen molar-refractivity contribution in [2.75, 3.05) is 5.32 Å². The minimum Gasteiger partial charge on any atom is -0.313 e. The average Bonchev–Trinajstić information content (AvgIpc) is 3.74. The summed E-state index contributed by atoms with van der Waals surface area (Å²) in [7, 11) is 0. The number of carbonyl (C=O) groups excluding carboxylic acids is 1. The monoisotopic (exact) mass is 460 g/mol. The Kier molecular flexibility index (Phi) is 5.61. The molecule has 2 saturated carbocycles. The molecule has 1 amide bonds. The number of hydrogen-bond acceptors (Lipinski definition) is 5. The van der Waals surface area contributed by atoms with Gasteiger partial charge in [-0.1, -0.05) is 12.1 Å². The summed E-state index contributed by atoms with van der Waals surface area (Å²) >= 11 is 0. The van der Waals surface area contributed by atoms with Gasteiger partial charge in [0, 0.05) is 41.0 Å². The van der Waals surface area contributed by atoms with Crippen molar-refractivity contribution in [3.05, 3.63) is 77.2 Å². The van der Waals surface area contributed by atoms with E-state index in [2.05, 4.69) is 15.3 Å². The van der Waals surface area contributed by atoms with E-state index in [1.54, 1.807) is 18.2 Å². The van der Waals surface area contributed by atoms with E-state index in [0.717, 1.165) is 37.7 Å². The number of carbonyl (C=O) groups is 1. The van der Waals surface area contributed by atoms with Gasteiger partial charge in [-0.2, -0.15) is 0 Å². The van der Waals surface area contributed by atoms with Gasteiger partial charge in [0.1, 0.15) is 23.1 Å². The maximum atomic E-state index is 14.5. The Labute approximate surface area is 194 Å². The molecule has 0 unspecified atom stereocenters. The highest BCUT2D eigenvalue weighted by Gasteiger charge is 2.31. The summed E-state index contributed by atoms with van der Waals surface area (Å²) < 4.78 is 29.1. The van der Waals surface area contributed by atoms with E-state index in [1.165, 1.54) is 23.2 Å². The average molecular weight is 460 g/mol. The smallest absolute Gasteiger partial charge is 0.259 e. The summed E-state index contributed by atoms with van der Waals surface area (Å²) in [5.74, 6) is -1.94. The van der Waals surface area contributed by atoms with Gasteiger partial charge in [-0.25, -0.2) is 13.8 Å². The second-order valence-electron chi connectivity index (χ2n) is 8.54. The van der Waals surface area contributed by atoms with Crippen LogP contribution in [0.5, 0.6) is 0 Å². The highest BCUT2D eigenvalue weighted by Crippen LogP contribution is 2.39. The maximum absolute atomic E-state index is 14.5. The summed E-state index contributed by atoms with van der Waals surface area (Å²) in [6.07, 6.45) is 6.62. The van der Waals surface area contributed by atoms with Gasteiger partial charge in [0.2, 0.25) is 0 Å². The number of nitrogens with one attached hydrogen (secondary N) is 3. The minimum absolute atomic E-state index is 0.0472. The molecule has 0 bridgehead atoms. The summed E-state index contributed by atoms with van der Waals surface area (Å²) in [4.78, 5) is 23.0. The largest absolute Gasteiger partial charge is 0.313 e. The number of hydrogen-bond donors (Lipinski definition) is 3. The zero-order valence-electron chi connectivity index (χ0n) is 18.2. The van der Waals surface area contributed by atoms with Gasteiger partial charge >= 0.3 is 0 Å². The Morgan fingerprint density at radius 1 is 1.09 bits per heavy atom. The number of nitrogens with zero attached hydrogens (tertiary/aromatic N) is 3. The second-order valence-corrected chi connectivity index (χ2v) is 8.54. The summed E-state index contributed by atoms with van der Waals surface area (Å²) in [5, 5.41) is 18.4. The third kappa shape index (κ3) is 4.41. The lowest BCUT2D eigenvalue weighted by atomic mass is 10.0. The van der Waals surface area contributed by atoms with Crippen LogP contribution in [0, 0.1) is 22.5 Å². The second kappa shape index (κ2) is 8.74. The normalized spacial score (nSPS) is 15.0. The van der Waals surface area contributed by atoms with Crippen LogP contribution in [0.3, 0.4) is 0 Å². The summed E-state index contributed by atoms with van der Waals surface area (Å²) in [6.45, 7) is 0. The van der Waals surface area contributed by atoms with E-state index >= 15 is 0 Å². The number of aromatic nitrogens is 2. The van der Waals surface area contributed by atoms with Gasteiger partial charge in [0.15, 0.2) is 5.84 Å². The molecule has 3 N–H and O–H groups in total. The quantitative estimate of drug-likeness (QED) is 0.343. The topological polar surface area (TPSA) is 106 Å². The van der Waals surface area contributed by atoms with Crippen LogP contribution in [-0.4, -0.2) is 39.0 Å². The molecule has 2 fully saturated rings. The molecule has 0 aliphatic heterocycles. The Bertz CT molecular complexity index is 1290. The Balaban J connectivity index is 1.38. The zero-order chi connectivity index (χ0) is 23.8. The van der Waals surface area contributed by atoms with Gasteiger partial charge in [-0.05, 0) is 49.9 Å². The molecule has 0 atom stereocenters. The molecule has 0 spiro atoms. The van der Waals surface area contributed by atoms with Crippen molar-refractivity contribution >= 4 is 23.9 Å². The molecule has 5 rings (SSSR count). The first-order chi connectivity index (χ1) is 16.4. The van der Waals surface area contributed by atoms with Crippen LogP contribution in [0.1, 0.15) is 53.3 Å². The third-order valence-corrected chi connectivity index (χ3v) is 5.97. The molecule has 2 aliphatic rings. The molecule has 172 valence electrons. The lowest BCUT2D eigenvalue weighted by Crippen LogP contribution is -2.32. The fraction of sp³-hybridized carbons (Fsp3) is 0.240. The molecule has 2 heterocycles. The van der Waals surface area contributed by atoms with E-state index in [4.69, 9.17) is 10.8 Å². The number of benzene rings is 1. The van der Waals surface area contributed by atoms with Crippen molar-refractivity contribution in [2.24, 2.45) is 0 Å². The summed E-state index contributed by atoms with van der Waals surface area (Å²) in [6, 6.07) is 10.3. The van der Waals surface area contributed by atoms with Gasteiger partial charge in [0.25, 0.3) is 5.91 Å². The van der Waals surface area contributed by atoms with Crippen LogP contribution in [-0.2, 0) is 0 Å². The first-order valence-electron chi connectivity index (χ1n) is 11.1. The van der Waals surface area contributed by atoms with Crippen molar-refractivity contribution in [3.63, 3.8) is 0 Å². The van der Waals surface area contributed by atoms with Crippen molar-refractivity contribution in [1.29, 1.82) is 10.8 Å². The first-order valence-corrected chi connectivity index (χ1v) is 11.1. The Morgan fingerprint density at radius 2 is 1.88 bits per heavy atom. The molecule has 0 radical (unpaired) electrons. The highest BCUT2D eigenvalue weighted by molar-refractivity contribution is 6.05. The number of pyridine rings is 2. The predicted molar refractivity (Wildman–Crippen MR) is 124 cm³/mol. The van der Waals surface area contributed by atoms with E-state index in [1.807, 2.05) is 6.07 Å². The molecule has 0 saturated heterocycles. The Morgan fingerprint density at radius 3 is 2.53 bits per heavy atom. The minimum atomic E-state index is -0.992. The number of amidine groups is 1. The van der Waals surface area contributed by atoms with Crippen LogP contribution in [0.2, 0.25) is 0 Å². The maximum Gasteiger partial charge on any atom is 0.259 e. The van der Waals surface area contributed by atoms with Crippen LogP contribution >= 0.6 is 0 Å². The van der Waals surface area contributed by atoms with Crippen molar-refractivity contribution in [2.45, 2.75) is 37.6 Å². The molecule has 1 aromatic carbocycles. The molecular formula is C25H22F2N6O. The number of rotatable bonds is 7. The van der Waals surface area contributed by atoms with Crippen molar-refractivity contribution < 1.29 is 13.6 Å². The Hall–Kier alpha value is -4.01. The number of amides is 1. The molecule has 34 heavy (non-hydrogen) atoms. The zero-order valence-corrected chi connectivity index (χ0v) is 18.2. The summed E-state index contributed by atoms with van der Waals surface area (Å²) in [5.41, 5.74) is 1.43. The van der Waals surface area contributed by atoms with Crippen LogP contribution in [0.15, 0.2) is 48.7 Å². The fourth-order valence-corrected chi connectivity index (χ4v) is 3.79. The molecule has 2 aromatic heterocycles. The molecule has 2 aliphatic carbocycles. The lowest BCUT2D eigenvalue weighted by molar-refractivity contribution is 0.102. The highest BCUT2D eigenvalue weighted by atomic mass is 19.1. The number of halogens is 2. The SMILES string of the molecule is N=CN(C(=N)c1cccc(NC(=O)c2cc(-c3ccc(C4CC4)nc3)c(F)cc2F)n1)C1CC1. The predicted octanol–water partition coefficient (Wildman–Crippen LogP) is 4.95. The van der Waals surface area contributed by atoms with Crippen LogP contribution in [0.25, 0.3) is 11.1 Å². The van der Waals surface area contributed by atoms with E-state index < -0.39 is 17.5 Å². The van der Waals surface area contributed by atoms with E-state index in [-0.39, 0.29) is 34.5 Å². The van der Waals surface area contributed by atoms with Crippen molar-refractivity contribution in [1.82, 2.24) is 14.9 Å². The molecule has 9 heteroatoms. The standard InChI is InChI=1S/C25H22F2N6O/c26-19-11-20(27)18(10-17(19)15-6-9-21(30-12-15)14-4-5-14)25(34)32-23-3-1-2-22(31-23)24(29)33(13-28)16-7-8-16/h1-3,6,9-14,16,28-29H,4-5,7-8H2,(H,31,32,34). The first kappa shape index (κ1) is 21.8. The van der Waals surface area contributed by atoms with Crippen molar-refractivity contribution in [3.8, 4) is 11.1 Å². The van der Waals surface area contributed by atoms with E-state index in [0.29, 0.717) is 17.5 Å².